The second kappa shape index (κ2) is 4.59. The van der Waals surface area contributed by atoms with E-state index >= 15 is 0 Å². The average Bonchev–Trinajstić information content (AvgIpc) is 2.72. The van der Waals surface area contributed by atoms with Gasteiger partial charge in [0.1, 0.15) is 0 Å². The average molecular weight is 240 g/mol. The zero-order valence-electron chi connectivity index (χ0n) is 7.93. The highest BCUT2D eigenvalue weighted by Crippen LogP contribution is 2.29. The lowest BCUT2D eigenvalue weighted by Gasteiger charge is -2.05. The molecule has 2 N–H and O–H groups in total. The van der Waals surface area contributed by atoms with Crippen molar-refractivity contribution in [3.8, 4) is 0 Å². The Morgan fingerprint density at radius 2 is 2.33 bits per heavy atom. The lowest BCUT2D eigenvalue weighted by molar-refractivity contribution is 0.751. The van der Waals surface area contributed by atoms with Crippen molar-refractivity contribution in [1.82, 2.24) is 9.78 Å². The second-order valence-electron chi connectivity index (χ2n) is 3.01. The lowest BCUT2D eigenvalue weighted by Crippen LogP contribution is -1.94. The Hall–Kier alpha value is -1.13. The fourth-order valence-corrected chi connectivity index (χ4v) is 2.27. The number of nitrogens with zero attached hydrogens (tertiary/aromatic N) is 2. The fraction of sp³-hybridized carbons (Fsp3) is 0.100. The van der Waals surface area contributed by atoms with Crippen LogP contribution in [0.3, 0.4) is 0 Å². The molecule has 1 aromatic carbocycles. The standard InChI is InChI=1S/C10H10ClN3S/c11-9-3-2-8(12)6-10(9)15-7-14-5-1-4-13-14/h1-6H,7,12H2. The van der Waals surface area contributed by atoms with Crippen molar-refractivity contribution < 1.29 is 0 Å². The summed E-state index contributed by atoms with van der Waals surface area (Å²) >= 11 is 7.64. The van der Waals surface area contributed by atoms with Crippen LogP contribution >= 0.6 is 23.4 Å². The molecule has 5 heteroatoms. The zero-order chi connectivity index (χ0) is 10.7. The molecule has 78 valence electrons. The van der Waals surface area contributed by atoms with Gasteiger partial charge in [-0.3, -0.25) is 4.68 Å². The summed E-state index contributed by atoms with van der Waals surface area (Å²) in [4.78, 5) is 0.979. The van der Waals surface area contributed by atoms with Crippen molar-refractivity contribution in [3.05, 3.63) is 41.7 Å². The molecule has 0 atom stereocenters. The van der Waals surface area contributed by atoms with Gasteiger partial charge in [-0.25, -0.2) is 0 Å². The molecular formula is C10H10ClN3S. The van der Waals surface area contributed by atoms with E-state index < -0.39 is 0 Å². The maximum Gasteiger partial charge on any atom is 0.0909 e. The molecule has 2 rings (SSSR count). The molecule has 0 unspecified atom stereocenters. The van der Waals surface area contributed by atoms with Crippen LogP contribution < -0.4 is 5.73 Å². The van der Waals surface area contributed by atoms with Gasteiger partial charge in [0.05, 0.1) is 10.9 Å². The first-order valence-corrected chi connectivity index (χ1v) is 5.77. The Labute approximate surface area is 97.2 Å². The molecule has 0 amide bonds. The fourth-order valence-electron chi connectivity index (χ4n) is 1.14. The molecule has 0 bridgehead atoms. The van der Waals surface area contributed by atoms with Crippen LogP contribution in [0, 0.1) is 0 Å². The van der Waals surface area contributed by atoms with Gasteiger partial charge in [-0.2, -0.15) is 5.10 Å². The van der Waals surface area contributed by atoms with E-state index in [1.54, 1.807) is 24.0 Å². The highest BCUT2D eigenvalue weighted by molar-refractivity contribution is 7.98. The molecular weight excluding hydrogens is 230 g/mol. The van der Waals surface area contributed by atoms with Crippen molar-refractivity contribution >= 4 is 29.1 Å². The number of aromatic nitrogens is 2. The van der Waals surface area contributed by atoms with Gasteiger partial charge in [0.15, 0.2) is 0 Å². The van der Waals surface area contributed by atoms with Crippen LogP contribution in [0.25, 0.3) is 0 Å². The van der Waals surface area contributed by atoms with E-state index in [2.05, 4.69) is 5.10 Å². The number of halogens is 1. The molecule has 1 aromatic heterocycles. The Bertz CT molecular complexity index is 442. The van der Waals surface area contributed by atoms with Gasteiger partial charge in [0.2, 0.25) is 0 Å². The minimum absolute atomic E-state index is 0.723. The molecule has 0 saturated carbocycles. The molecule has 15 heavy (non-hydrogen) atoms. The third-order valence-corrected chi connectivity index (χ3v) is 3.35. The molecule has 0 radical (unpaired) electrons. The van der Waals surface area contributed by atoms with E-state index in [0.29, 0.717) is 0 Å². The predicted octanol–water partition coefficient (Wildman–Crippen LogP) is 2.87. The van der Waals surface area contributed by atoms with Crippen LogP contribution in [-0.4, -0.2) is 9.78 Å². The van der Waals surface area contributed by atoms with E-state index in [-0.39, 0.29) is 0 Å². The molecule has 1 heterocycles. The third kappa shape index (κ3) is 2.67. The maximum atomic E-state index is 6.03. The van der Waals surface area contributed by atoms with E-state index in [0.717, 1.165) is 21.5 Å². The van der Waals surface area contributed by atoms with Crippen molar-refractivity contribution in [3.63, 3.8) is 0 Å². The van der Waals surface area contributed by atoms with Crippen LogP contribution in [0.5, 0.6) is 0 Å². The Balaban J connectivity index is 2.07. The van der Waals surface area contributed by atoms with Gasteiger partial charge in [0.25, 0.3) is 0 Å². The number of hydrogen-bond donors (Lipinski definition) is 1. The minimum atomic E-state index is 0.723. The largest absolute Gasteiger partial charge is 0.399 e. The number of rotatable bonds is 3. The molecule has 0 saturated heterocycles. The number of hydrogen-bond acceptors (Lipinski definition) is 3. The maximum absolute atomic E-state index is 6.03. The minimum Gasteiger partial charge on any atom is -0.399 e. The molecule has 0 aliphatic carbocycles. The van der Waals surface area contributed by atoms with Crippen molar-refractivity contribution in [2.24, 2.45) is 0 Å². The van der Waals surface area contributed by atoms with Gasteiger partial charge < -0.3 is 5.73 Å². The van der Waals surface area contributed by atoms with E-state index in [1.807, 2.05) is 29.1 Å². The summed E-state index contributed by atoms with van der Waals surface area (Å²) in [6.07, 6.45) is 3.66. The van der Waals surface area contributed by atoms with Gasteiger partial charge in [-0.15, -0.1) is 11.8 Å². The SMILES string of the molecule is Nc1ccc(Cl)c(SCn2cccn2)c1. The quantitative estimate of drug-likeness (QED) is 0.662. The summed E-state index contributed by atoms with van der Waals surface area (Å²) in [6, 6.07) is 7.36. The van der Waals surface area contributed by atoms with E-state index in [9.17, 15) is 0 Å². The number of thioether (sulfide) groups is 1. The van der Waals surface area contributed by atoms with Crippen LogP contribution in [0.2, 0.25) is 5.02 Å². The second-order valence-corrected chi connectivity index (χ2v) is 4.40. The third-order valence-electron chi connectivity index (χ3n) is 1.87. The molecule has 2 aromatic rings. The first-order valence-electron chi connectivity index (χ1n) is 4.41. The lowest BCUT2D eigenvalue weighted by atomic mass is 10.3. The van der Waals surface area contributed by atoms with E-state index in [1.165, 1.54) is 0 Å². The normalized spacial score (nSPS) is 10.5. The summed E-state index contributed by atoms with van der Waals surface area (Å²) in [7, 11) is 0. The summed E-state index contributed by atoms with van der Waals surface area (Å²) in [6.45, 7) is 0. The summed E-state index contributed by atoms with van der Waals surface area (Å²) < 4.78 is 1.84. The zero-order valence-corrected chi connectivity index (χ0v) is 9.50. The number of nitrogen functional groups attached to an aromatic ring is 1. The van der Waals surface area contributed by atoms with Gasteiger partial charge >= 0.3 is 0 Å². The van der Waals surface area contributed by atoms with Crippen molar-refractivity contribution in [1.29, 1.82) is 0 Å². The molecule has 0 aliphatic heterocycles. The monoisotopic (exact) mass is 239 g/mol. The number of nitrogens with two attached hydrogens (primary N) is 1. The van der Waals surface area contributed by atoms with Crippen molar-refractivity contribution in [2.75, 3.05) is 5.73 Å². The molecule has 0 fully saturated rings. The van der Waals surface area contributed by atoms with Crippen LogP contribution in [-0.2, 0) is 5.88 Å². The number of anilines is 1. The Kier molecular flexibility index (Phi) is 3.18. The molecule has 0 aliphatic rings. The van der Waals surface area contributed by atoms with Gasteiger partial charge in [-0.1, -0.05) is 11.6 Å². The first kappa shape index (κ1) is 10.4. The van der Waals surface area contributed by atoms with Gasteiger partial charge in [-0.05, 0) is 24.3 Å². The summed E-state index contributed by atoms with van der Waals surface area (Å²) in [5, 5.41) is 4.83. The summed E-state index contributed by atoms with van der Waals surface area (Å²) in [5.41, 5.74) is 6.41. The Morgan fingerprint density at radius 1 is 1.47 bits per heavy atom. The van der Waals surface area contributed by atoms with E-state index in [4.69, 9.17) is 17.3 Å². The van der Waals surface area contributed by atoms with Crippen LogP contribution in [0.15, 0.2) is 41.6 Å². The highest BCUT2D eigenvalue weighted by Gasteiger charge is 2.01. The van der Waals surface area contributed by atoms with Crippen LogP contribution in [0.1, 0.15) is 0 Å². The number of benzene rings is 1. The first-order chi connectivity index (χ1) is 7.25. The Morgan fingerprint density at radius 3 is 3.07 bits per heavy atom. The predicted molar refractivity (Wildman–Crippen MR) is 63.9 cm³/mol. The molecule has 0 spiro atoms. The topological polar surface area (TPSA) is 43.8 Å². The van der Waals surface area contributed by atoms with Gasteiger partial charge in [0, 0.05) is 23.0 Å². The van der Waals surface area contributed by atoms with Crippen molar-refractivity contribution in [2.45, 2.75) is 10.8 Å². The molecule has 3 nitrogen and oxygen atoms in total. The smallest absolute Gasteiger partial charge is 0.0909 e. The summed E-state index contributed by atoms with van der Waals surface area (Å²) in [5.74, 6) is 0.732. The highest BCUT2D eigenvalue weighted by atomic mass is 35.5. The van der Waals surface area contributed by atoms with Crippen LogP contribution in [0.4, 0.5) is 5.69 Å².